The number of benzene rings is 1. The van der Waals surface area contributed by atoms with Crippen LogP contribution < -0.4 is 5.32 Å². The first-order valence-corrected chi connectivity index (χ1v) is 8.03. The number of aliphatic hydroxyl groups is 1. The van der Waals surface area contributed by atoms with E-state index in [1.807, 2.05) is 48.8 Å². The van der Waals surface area contributed by atoms with Gasteiger partial charge in [0.2, 0.25) is 0 Å². The summed E-state index contributed by atoms with van der Waals surface area (Å²) in [5.74, 6) is 0. The fraction of sp³-hybridized carbons (Fsp3) is 0.316. The Balaban J connectivity index is 1.60. The number of fused-ring (bicyclic) bond motifs is 1. The Labute approximate surface area is 136 Å². The molecular formula is C19H23N3O. The molecule has 0 unspecified atom stereocenters. The summed E-state index contributed by atoms with van der Waals surface area (Å²) in [4.78, 5) is 4.48. The maximum Gasteiger partial charge on any atom is 0.139 e. The standard InChI is InChI=1S/C19H23N3O/c1-14-7-6-10-22-17(13-21-19(14)22)12-20-15(2)11-18(23)16-8-4-3-5-9-16/h3-10,13,15,18,20,23H,11-12H2,1-2H3/t15-,18-/m0/s1. The van der Waals surface area contributed by atoms with Gasteiger partial charge in [0.05, 0.1) is 18.0 Å². The number of hydrogen-bond acceptors (Lipinski definition) is 3. The second-order valence-corrected chi connectivity index (χ2v) is 6.08. The molecule has 0 aliphatic rings. The number of rotatable bonds is 6. The van der Waals surface area contributed by atoms with Gasteiger partial charge < -0.3 is 14.8 Å². The van der Waals surface area contributed by atoms with Crippen LogP contribution in [0.4, 0.5) is 0 Å². The quantitative estimate of drug-likeness (QED) is 0.735. The molecule has 2 heterocycles. The van der Waals surface area contributed by atoms with Crippen LogP contribution in [0.15, 0.2) is 54.9 Å². The Morgan fingerprint density at radius 1 is 1.17 bits per heavy atom. The summed E-state index contributed by atoms with van der Waals surface area (Å²) in [6.45, 7) is 4.90. The third-order valence-electron chi connectivity index (χ3n) is 4.20. The number of aliphatic hydroxyl groups excluding tert-OH is 1. The molecule has 1 aromatic carbocycles. The second-order valence-electron chi connectivity index (χ2n) is 6.08. The van der Waals surface area contributed by atoms with Gasteiger partial charge in [-0.15, -0.1) is 0 Å². The molecule has 0 radical (unpaired) electrons. The van der Waals surface area contributed by atoms with Crippen LogP contribution in [0.2, 0.25) is 0 Å². The smallest absolute Gasteiger partial charge is 0.139 e. The normalized spacial score (nSPS) is 14.0. The molecule has 4 nitrogen and oxygen atoms in total. The van der Waals surface area contributed by atoms with Crippen LogP contribution in [-0.4, -0.2) is 20.5 Å². The van der Waals surface area contributed by atoms with Crippen molar-refractivity contribution in [2.45, 2.75) is 39.0 Å². The van der Waals surface area contributed by atoms with Crippen molar-refractivity contribution >= 4 is 5.65 Å². The number of pyridine rings is 1. The van der Waals surface area contributed by atoms with Crippen LogP contribution >= 0.6 is 0 Å². The van der Waals surface area contributed by atoms with Crippen molar-refractivity contribution in [3.63, 3.8) is 0 Å². The molecule has 2 atom stereocenters. The molecule has 4 heteroatoms. The van der Waals surface area contributed by atoms with E-state index in [0.29, 0.717) is 6.42 Å². The SMILES string of the molecule is Cc1cccn2c(CN[C@@H](C)C[C@H](O)c3ccccc3)cnc12. The molecular weight excluding hydrogens is 286 g/mol. The average Bonchev–Trinajstić information content (AvgIpc) is 2.98. The molecule has 0 saturated heterocycles. The zero-order valence-electron chi connectivity index (χ0n) is 13.6. The van der Waals surface area contributed by atoms with Gasteiger partial charge in [-0.3, -0.25) is 0 Å². The maximum atomic E-state index is 10.3. The summed E-state index contributed by atoms with van der Waals surface area (Å²) in [5, 5.41) is 13.8. The number of nitrogens with one attached hydrogen (secondary N) is 1. The number of nitrogens with zero attached hydrogens (tertiary/aromatic N) is 2. The number of hydrogen-bond donors (Lipinski definition) is 2. The topological polar surface area (TPSA) is 49.6 Å². The fourth-order valence-electron chi connectivity index (χ4n) is 2.84. The molecule has 0 aliphatic heterocycles. The van der Waals surface area contributed by atoms with Crippen LogP contribution in [0.25, 0.3) is 5.65 Å². The highest BCUT2D eigenvalue weighted by molar-refractivity contribution is 5.48. The van der Waals surface area contributed by atoms with Gasteiger partial charge in [0, 0.05) is 18.8 Å². The van der Waals surface area contributed by atoms with E-state index in [-0.39, 0.29) is 6.04 Å². The van der Waals surface area contributed by atoms with Gasteiger partial charge in [-0.05, 0) is 37.5 Å². The number of imidazole rings is 1. The molecule has 3 rings (SSSR count). The van der Waals surface area contributed by atoms with Crippen molar-refractivity contribution in [1.82, 2.24) is 14.7 Å². The summed E-state index contributed by atoms with van der Waals surface area (Å²) >= 11 is 0. The van der Waals surface area contributed by atoms with Gasteiger partial charge in [0.1, 0.15) is 5.65 Å². The Bertz CT molecular complexity index is 767. The molecule has 0 spiro atoms. The molecule has 0 amide bonds. The van der Waals surface area contributed by atoms with Crippen LogP contribution in [0.5, 0.6) is 0 Å². The summed E-state index contributed by atoms with van der Waals surface area (Å²) in [5.41, 5.74) is 4.27. The summed E-state index contributed by atoms with van der Waals surface area (Å²) in [6, 6.07) is 14.1. The van der Waals surface area contributed by atoms with Crippen molar-refractivity contribution in [1.29, 1.82) is 0 Å². The van der Waals surface area contributed by atoms with Crippen molar-refractivity contribution in [2.75, 3.05) is 0 Å². The number of aryl methyl sites for hydroxylation is 1. The van der Waals surface area contributed by atoms with Gasteiger partial charge in [0.15, 0.2) is 0 Å². The first kappa shape index (κ1) is 15.7. The lowest BCUT2D eigenvalue weighted by atomic mass is 10.0. The van der Waals surface area contributed by atoms with Gasteiger partial charge in [-0.1, -0.05) is 36.4 Å². The third kappa shape index (κ3) is 3.60. The van der Waals surface area contributed by atoms with E-state index in [1.165, 1.54) is 5.56 Å². The number of aromatic nitrogens is 2. The van der Waals surface area contributed by atoms with E-state index in [9.17, 15) is 5.11 Å². The highest BCUT2D eigenvalue weighted by Crippen LogP contribution is 2.18. The van der Waals surface area contributed by atoms with Crippen LogP contribution in [0.3, 0.4) is 0 Å². The van der Waals surface area contributed by atoms with Crippen LogP contribution in [0.1, 0.15) is 36.3 Å². The Hall–Kier alpha value is -2.17. The van der Waals surface area contributed by atoms with E-state index >= 15 is 0 Å². The minimum atomic E-state index is -0.442. The molecule has 2 aromatic heterocycles. The second kappa shape index (κ2) is 6.94. The molecule has 3 aromatic rings. The molecule has 120 valence electrons. The van der Waals surface area contributed by atoms with Crippen molar-refractivity contribution in [3.8, 4) is 0 Å². The lowest BCUT2D eigenvalue weighted by Crippen LogP contribution is -2.27. The minimum absolute atomic E-state index is 0.209. The molecule has 23 heavy (non-hydrogen) atoms. The Kier molecular flexibility index (Phi) is 4.74. The molecule has 0 aliphatic carbocycles. The van der Waals surface area contributed by atoms with Gasteiger partial charge >= 0.3 is 0 Å². The van der Waals surface area contributed by atoms with E-state index in [2.05, 4.69) is 34.6 Å². The Morgan fingerprint density at radius 2 is 1.96 bits per heavy atom. The maximum absolute atomic E-state index is 10.3. The molecule has 0 fully saturated rings. The van der Waals surface area contributed by atoms with E-state index in [0.717, 1.165) is 23.4 Å². The zero-order chi connectivity index (χ0) is 16.2. The van der Waals surface area contributed by atoms with Crippen LogP contribution in [-0.2, 0) is 6.54 Å². The minimum Gasteiger partial charge on any atom is -0.388 e. The molecule has 2 N–H and O–H groups in total. The summed E-state index contributed by atoms with van der Waals surface area (Å²) in [7, 11) is 0. The largest absolute Gasteiger partial charge is 0.388 e. The highest BCUT2D eigenvalue weighted by atomic mass is 16.3. The summed E-state index contributed by atoms with van der Waals surface area (Å²) in [6.07, 6.45) is 4.19. The van der Waals surface area contributed by atoms with Gasteiger partial charge in [-0.25, -0.2) is 4.98 Å². The lowest BCUT2D eigenvalue weighted by molar-refractivity contribution is 0.153. The predicted octanol–water partition coefficient (Wildman–Crippen LogP) is 3.24. The average molecular weight is 309 g/mol. The first-order valence-electron chi connectivity index (χ1n) is 8.03. The van der Waals surface area contributed by atoms with Gasteiger partial charge in [0.25, 0.3) is 0 Å². The van der Waals surface area contributed by atoms with Crippen LogP contribution in [0, 0.1) is 6.92 Å². The Morgan fingerprint density at radius 3 is 2.74 bits per heavy atom. The predicted molar refractivity (Wildman–Crippen MR) is 92.2 cm³/mol. The summed E-state index contributed by atoms with van der Waals surface area (Å²) < 4.78 is 2.11. The fourth-order valence-corrected chi connectivity index (χ4v) is 2.84. The zero-order valence-corrected chi connectivity index (χ0v) is 13.6. The first-order chi connectivity index (χ1) is 11.1. The van der Waals surface area contributed by atoms with Crippen molar-refractivity contribution < 1.29 is 5.11 Å². The third-order valence-corrected chi connectivity index (χ3v) is 4.20. The lowest BCUT2D eigenvalue weighted by Gasteiger charge is -2.18. The van der Waals surface area contributed by atoms with E-state index in [1.54, 1.807) is 0 Å². The van der Waals surface area contributed by atoms with E-state index < -0.39 is 6.10 Å². The molecule has 0 bridgehead atoms. The van der Waals surface area contributed by atoms with Crippen molar-refractivity contribution in [3.05, 3.63) is 71.7 Å². The van der Waals surface area contributed by atoms with Crippen molar-refractivity contribution in [2.24, 2.45) is 0 Å². The monoisotopic (exact) mass is 309 g/mol. The van der Waals surface area contributed by atoms with E-state index in [4.69, 9.17) is 0 Å². The highest BCUT2D eigenvalue weighted by Gasteiger charge is 2.13. The van der Waals surface area contributed by atoms with Gasteiger partial charge in [-0.2, -0.15) is 0 Å². The molecule has 0 saturated carbocycles.